The number of anilines is 1. The van der Waals surface area contributed by atoms with Gasteiger partial charge in [-0.1, -0.05) is 5.16 Å². The van der Waals surface area contributed by atoms with Gasteiger partial charge < -0.3 is 30.5 Å². The molecule has 4 aromatic rings. The van der Waals surface area contributed by atoms with Crippen LogP contribution in [0.25, 0.3) is 20.4 Å². The quantitative estimate of drug-likeness (QED) is 0.480. The number of fused-ring (bicyclic) bond motifs is 3. The number of carbonyl (C=O) groups excluding carboxylic acids is 2. The van der Waals surface area contributed by atoms with Gasteiger partial charge in [0.15, 0.2) is 5.58 Å². The van der Waals surface area contributed by atoms with Gasteiger partial charge in [-0.2, -0.15) is 0 Å². The van der Waals surface area contributed by atoms with Gasteiger partial charge in [0.25, 0.3) is 5.91 Å². The summed E-state index contributed by atoms with van der Waals surface area (Å²) in [4.78, 5) is 22.9. The number of nitrogens with one attached hydrogen (secondary N) is 1. The summed E-state index contributed by atoms with van der Waals surface area (Å²) in [7, 11) is 0. The van der Waals surface area contributed by atoms with Gasteiger partial charge in [-0.25, -0.2) is 4.79 Å². The van der Waals surface area contributed by atoms with E-state index in [4.69, 9.17) is 25.1 Å². The van der Waals surface area contributed by atoms with E-state index in [2.05, 4.69) is 10.5 Å². The summed E-state index contributed by atoms with van der Waals surface area (Å²) >= 11 is 1.32. The lowest BCUT2D eigenvalue weighted by Gasteiger charge is -2.03. The smallest absolute Gasteiger partial charge is 0.316 e. The summed E-state index contributed by atoms with van der Waals surface area (Å²) in [6.07, 6.45) is 0. The molecule has 9 nitrogen and oxygen atoms in total. The van der Waals surface area contributed by atoms with E-state index in [0.29, 0.717) is 27.5 Å². The third-order valence-corrected chi connectivity index (χ3v) is 4.96. The van der Waals surface area contributed by atoms with Crippen molar-refractivity contribution in [1.82, 2.24) is 5.16 Å². The predicted octanol–water partition coefficient (Wildman–Crippen LogP) is 3.11. The van der Waals surface area contributed by atoms with Crippen molar-refractivity contribution in [1.29, 1.82) is 0 Å². The van der Waals surface area contributed by atoms with E-state index in [1.54, 1.807) is 25.1 Å². The van der Waals surface area contributed by atoms with Crippen LogP contribution in [0.2, 0.25) is 0 Å². The molecule has 0 unspecified atom stereocenters. The molecule has 0 spiro atoms. The van der Waals surface area contributed by atoms with Gasteiger partial charge in [0.1, 0.15) is 29.5 Å². The summed E-state index contributed by atoms with van der Waals surface area (Å²) in [5.74, 6) is 0.408. The normalized spacial score (nSPS) is 11.1. The van der Waals surface area contributed by atoms with Crippen molar-refractivity contribution in [2.75, 3.05) is 5.32 Å². The number of nitrogens with zero attached hydrogens (tertiary/aromatic N) is 1. The molecule has 0 radical (unpaired) electrons. The van der Waals surface area contributed by atoms with Crippen LogP contribution in [0.1, 0.15) is 22.0 Å². The maximum Gasteiger partial charge on any atom is 0.316 e. The molecule has 3 heterocycles. The van der Waals surface area contributed by atoms with Crippen molar-refractivity contribution in [3.8, 4) is 5.75 Å². The zero-order valence-corrected chi connectivity index (χ0v) is 14.9. The number of benzene rings is 1. The topological polar surface area (TPSA) is 147 Å². The predicted molar refractivity (Wildman–Crippen MR) is 98.9 cm³/mol. The number of primary amides is 2. The Morgan fingerprint density at radius 1 is 1.30 bits per heavy atom. The third kappa shape index (κ3) is 3.06. The Morgan fingerprint density at radius 3 is 2.78 bits per heavy atom. The highest BCUT2D eigenvalue weighted by atomic mass is 32.1. The second-order valence-electron chi connectivity index (χ2n) is 5.80. The number of rotatable bonds is 5. The molecule has 0 saturated carbocycles. The van der Waals surface area contributed by atoms with E-state index in [1.165, 1.54) is 11.3 Å². The first-order valence-electron chi connectivity index (χ1n) is 7.82. The minimum Gasteiger partial charge on any atom is -0.487 e. The Morgan fingerprint density at radius 2 is 2.11 bits per heavy atom. The summed E-state index contributed by atoms with van der Waals surface area (Å²) < 4.78 is 17.7. The number of ether oxygens (including phenoxy) is 1. The maximum atomic E-state index is 11.6. The van der Waals surface area contributed by atoms with Crippen LogP contribution in [0, 0.1) is 6.92 Å². The number of hydrogen-bond donors (Lipinski definition) is 3. The molecule has 5 N–H and O–H groups in total. The lowest BCUT2D eigenvalue weighted by molar-refractivity contribution is 0.0977. The average Bonchev–Trinajstić information content (AvgIpc) is 3.27. The summed E-state index contributed by atoms with van der Waals surface area (Å²) in [5.41, 5.74) is 11.8. The van der Waals surface area contributed by atoms with Gasteiger partial charge in [0.05, 0.1) is 4.70 Å². The van der Waals surface area contributed by atoms with Crippen LogP contribution in [0.5, 0.6) is 5.75 Å². The van der Waals surface area contributed by atoms with Crippen LogP contribution in [0.15, 0.2) is 33.2 Å². The number of urea groups is 1. The molecule has 1 aromatic carbocycles. The zero-order chi connectivity index (χ0) is 19.1. The highest BCUT2D eigenvalue weighted by Gasteiger charge is 2.23. The van der Waals surface area contributed by atoms with Crippen LogP contribution in [0.3, 0.4) is 0 Å². The molecule has 27 heavy (non-hydrogen) atoms. The molecule has 0 bridgehead atoms. The average molecular weight is 386 g/mol. The minimum absolute atomic E-state index is 0.140. The summed E-state index contributed by atoms with van der Waals surface area (Å²) in [6.45, 7) is 2.08. The number of aryl methyl sites for hydroxylation is 1. The molecule has 10 heteroatoms. The van der Waals surface area contributed by atoms with Crippen molar-refractivity contribution in [2.45, 2.75) is 13.5 Å². The fourth-order valence-electron chi connectivity index (χ4n) is 2.72. The van der Waals surface area contributed by atoms with Gasteiger partial charge in [0.2, 0.25) is 5.76 Å². The lowest BCUT2D eigenvalue weighted by atomic mass is 10.2. The van der Waals surface area contributed by atoms with E-state index in [0.717, 1.165) is 10.1 Å². The Bertz CT molecular complexity index is 1190. The van der Waals surface area contributed by atoms with E-state index in [9.17, 15) is 9.59 Å². The molecule has 0 aliphatic heterocycles. The van der Waals surface area contributed by atoms with Gasteiger partial charge in [-0.15, -0.1) is 11.3 Å². The fraction of sp³-hybridized carbons (Fsp3) is 0.118. The molecule has 0 saturated heterocycles. The first-order valence-corrected chi connectivity index (χ1v) is 8.64. The number of nitrogens with two attached hydrogens (primary N) is 2. The number of carbonyl (C=O) groups is 2. The Kier molecular flexibility index (Phi) is 3.96. The Labute approximate surface area is 155 Å². The van der Waals surface area contributed by atoms with Crippen molar-refractivity contribution >= 4 is 49.3 Å². The van der Waals surface area contributed by atoms with Crippen molar-refractivity contribution < 1.29 is 23.3 Å². The number of thiophene rings is 1. The van der Waals surface area contributed by atoms with Gasteiger partial charge in [0, 0.05) is 16.2 Å². The van der Waals surface area contributed by atoms with Crippen LogP contribution < -0.4 is 21.5 Å². The molecule has 138 valence electrons. The van der Waals surface area contributed by atoms with Crippen molar-refractivity contribution in [2.24, 2.45) is 11.5 Å². The van der Waals surface area contributed by atoms with E-state index in [1.807, 2.05) is 6.07 Å². The highest BCUT2D eigenvalue weighted by molar-refractivity contribution is 7.26. The van der Waals surface area contributed by atoms with Gasteiger partial charge in [-0.05, 0) is 25.1 Å². The molecule has 0 aliphatic rings. The second-order valence-corrected chi connectivity index (χ2v) is 6.85. The third-order valence-electron chi connectivity index (χ3n) is 3.81. The number of hydrogen-bond acceptors (Lipinski definition) is 7. The second kappa shape index (κ2) is 6.32. The molecule has 3 amide bonds. The number of amides is 3. The molecular formula is C17H14N4O5S. The van der Waals surface area contributed by atoms with E-state index >= 15 is 0 Å². The molecule has 0 atom stereocenters. The largest absolute Gasteiger partial charge is 0.487 e. The molecule has 3 aromatic heterocycles. The fourth-order valence-corrected chi connectivity index (χ4v) is 3.87. The Balaban J connectivity index is 1.71. The van der Waals surface area contributed by atoms with Crippen LogP contribution >= 0.6 is 11.3 Å². The van der Waals surface area contributed by atoms with E-state index < -0.39 is 11.9 Å². The molecule has 0 aliphatic carbocycles. The van der Waals surface area contributed by atoms with Crippen LogP contribution in [0.4, 0.5) is 10.5 Å². The molecule has 4 rings (SSSR count). The Hall–Kier alpha value is -3.53. The van der Waals surface area contributed by atoms with Gasteiger partial charge >= 0.3 is 6.03 Å². The van der Waals surface area contributed by atoms with E-state index in [-0.39, 0.29) is 18.1 Å². The van der Waals surface area contributed by atoms with Crippen LogP contribution in [-0.2, 0) is 6.61 Å². The first kappa shape index (κ1) is 16.9. The maximum absolute atomic E-state index is 11.6. The lowest BCUT2D eigenvalue weighted by Crippen LogP contribution is -2.21. The monoisotopic (exact) mass is 386 g/mol. The highest BCUT2D eigenvalue weighted by Crippen LogP contribution is 2.43. The van der Waals surface area contributed by atoms with Crippen LogP contribution in [-0.4, -0.2) is 17.1 Å². The SMILES string of the molecule is Cc1cc(COc2ccc3c(c2)sc2c(NC(N)=O)c(C(N)=O)oc23)no1. The van der Waals surface area contributed by atoms with Crippen molar-refractivity contribution in [3.63, 3.8) is 0 Å². The first-order chi connectivity index (χ1) is 12.9. The number of aromatic nitrogens is 1. The minimum atomic E-state index is -0.815. The molecule has 0 fully saturated rings. The molecular weight excluding hydrogens is 372 g/mol. The summed E-state index contributed by atoms with van der Waals surface area (Å²) in [6, 6.07) is 6.39. The zero-order valence-electron chi connectivity index (χ0n) is 14.1. The standard InChI is InChI=1S/C17H14N4O5S/c1-7-4-8(21-26-7)6-24-9-2-3-10-11(5-9)27-15-12(20-17(19)23)14(16(18)22)25-13(10)15/h2-5H,6H2,1H3,(H2,18,22)(H3,19,20,23). The summed E-state index contributed by atoms with van der Waals surface area (Å²) in [5, 5.41) is 7.05. The van der Waals surface area contributed by atoms with Gasteiger partial charge in [-0.3, -0.25) is 4.79 Å². The number of furan rings is 1. The van der Waals surface area contributed by atoms with Crippen molar-refractivity contribution in [3.05, 3.63) is 41.5 Å².